The summed E-state index contributed by atoms with van der Waals surface area (Å²) in [6.45, 7) is 2.07. The van der Waals surface area contributed by atoms with Crippen molar-refractivity contribution in [3.05, 3.63) is 57.4 Å². The molecule has 114 valence electrons. The van der Waals surface area contributed by atoms with Crippen LogP contribution in [0.25, 0.3) is 0 Å². The molecule has 1 N–H and O–H groups in total. The minimum atomic E-state index is -0.639. The molecule has 1 aliphatic rings. The number of rotatable bonds is 2. The molecule has 1 aliphatic carbocycles. The molecule has 2 aromatic heterocycles. The number of nitrogens with one attached hydrogen (secondary N) is 1. The molecule has 0 aromatic carbocycles. The molecule has 0 saturated heterocycles. The van der Waals surface area contributed by atoms with Gasteiger partial charge in [0.05, 0.1) is 0 Å². The fourth-order valence-electron chi connectivity index (χ4n) is 2.86. The van der Waals surface area contributed by atoms with Crippen LogP contribution in [0.1, 0.15) is 40.9 Å². The minimum absolute atomic E-state index is 0.0139. The molecule has 0 radical (unpaired) electrons. The normalized spacial score (nSPS) is 16.4. The molecule has 0 fully saturated rings. The zero-order valence-electron chi connectivity index (χ0n) is 12.4. The number of halogens is 1. The number of pyridine rings is 2. The maximum Gasteiger partial charge on any atom is 0.263 e. The van der Waals surface area contributed by atoms with Gasteiger partial charge in [-0.1, -0.05) is 6.92 Å². The average Bonchev–Trinajstić information content (AvgIpc) is 2.86. The fourth-order valence-corrected chi connectivity index (χ4v) is 2.86. The lowest BCUT2D eigenvalue weighted by Gasteiger charge is -2.12. The standard InChI is InChI=1S/C16H16FN3O2/c1-9-5-6-13-10(9)8-11(16(22)20(13)2)15(21)19-14-12(17)4-3-7-18-14/h3-4,7-9H,5-6H2,1-2H3,(H,18,19,21). The average molecular weight is 301 g/mol. The molecule has 1 unspecified atom stereocenters. The van der Waals surface area contributed by atoms with Crippen LogP contribution >= 0.6 is 0 Å². The Balaban J connectivity index is 2.00. The Labute approximate surface area is 126 Å². The van der Waals surface area contributed by atoms with E-state index in [4.69, 9.17) is 0 Å². The summed E-state index contributed by atoms with van der Waals surface area (Å²) >= 11 is 0. The summed E-state index contributed by atoms with van der Waals surface area (Å²) in [7, 11) is 1.66. The molecule has 0 aliphatic heterocycles. The van der Waals surface area contributed by atoms with E-state index in [1.807, 2.05) is 0 Å². The Morgan fingerprint density at radius 2 is 2.27 bits per heavy atom. The van der Waals surface area contributed by atoms with E-state index in [1.165, 1.54) is 22.9 Å². The molecule has 0 bridgehead atoms. The fraction of sp³-hybridized carbons (Fsp3) is 0.312. The molecule has 6 heteroatoms. The first-order valence-electron chi connectivity index (χ1n) is 7.13. The van der Waals surface area contributed by atoms with Crippen LogP contribution in [0.2, 0.25) is 0 Å². The lowest BCUT2D eigenvalue weighted by atomic mass is 10.0. The van der Waals surface area contributed by atoms with Gasteiger partial charge in [-0.2, -0.15) is 0 Å². The second-order valence-electron chi connectivity index (χ2n) is 5.55. The van der Waals surface area contributed by atoms with Gasteiger partial charge in [-0.05, 0) is 42.5 Å². The van der Waals surface area contributed by atoms with Crippen LogP contribution in [0.3, 0.4) is 0 Å². The molecular formula is C16H16FN3O2. The van der Waals surface area contributed by atoms with E-state index in [0.29, 0.717) is 5.92 Å². The summed E-state index contributed by atoms with van der Waals surface area (Å²) in [4.78, 5) is 28.4. The number of carbonyl (C=O) groups is 1. The second kappa shape index (κ2) is 5.36. The van der Waals surface area contributed by atoms with Crippen LogP contribution in [0, 0.1) is 5.82 Å². The van der Waals surface area contributed by atoms with E-state index in [-0.39, 0.29) is 16.9 Å². The monoisotopic (exact) mass is 301 g/mol. The van der Waals surface area contributed by atoms with Gasteiger partial charge in [0.25, 0.3) is 11.5 Å². The van der Waals surface area contributed by atoms with Crippen molar-refractivity contribution in [1.82, 2.24) is 9.55 Å². The second-order valence-corrected chi connectivity index (χ2v) is 5.55. The van der Waals surface area contributed by atoms with Crippen molar-refractivity contribution in [2.24, 2.45) is 7.05 Å². The summed E-state index contributed by atoms with van der Waals surface area (Å²) in [5.74, 6) is -1.15. The molecule has 5 nitrogen and oxygen atoms in total. The predicted molar refractivity (Wildman–Crippen MR) is 80.6 cm³/mol. The van der Waals surface area contributed by atoms with Crippen LogP contribution in [-0.4, -0.2) is 15.5 Å². The molecule has 1 atom stereocenters. The van der Waals surface area contributed by atoms with Gasteiger partial charge in [-0.15, -0.1) is 0 Å². The van der Waals surface area contributed by atoms with Crippen LogP contribution in [-0.2, 0) is 13.5 Å². The van der Waals surface area contributed by atoms with Gasteiger partial charge < -0.3 is 9.88 Å². The molecule has 1 amide bonds. The van der Waals surface area contributed by atoms with Crippen molar-refractivity contribution in [2.75, 3.05) is 5.32 Å². The third-order valence-electron chi connectivity index (χ3n) is 4.15. The number of carbonyl (C=O) groups excluding carboxylic acids is 1. The summed E-state index contributed by atoms with van der Waals surface area (Å²) in [6, 6.07) is 4.26. The summed E-state index contributed by atoms with van der Waals surface area (Å²) in [6.07, 6.45) is 3.17. The van der Waals surface area contributed by atoms with Crippen molar-refractivity contribution in [2.45, 2.75) is 25.7 Å². The van der Waals surface area contributed by atoms with Gasteiger partial charge in [0.1, 0.15) is 5.56 Å². The number of nitrogens with zero attached hydrogens (tertiary/aromatic N) is 2. The Morgan fingerprint density at radius 1 is 1.50 bits per heavy atom. The highest BCUT2D eigenvalue weighted by Crippen LogP contribution is 2.31. The van der Waals surface area contributed by atoms with Crippen LogP contribution < -0.4 is 10.9 Å². The van der Waals surface area contributed by atoms with Gasteiger partial charge in [0.15, 0.2) is 11.6 Å². The SMILES string of the molecule is CC1CCc2c1cc(C(=O)Nc1ncccc1F)c(=O)n2C. The van der Waals surface area contributed by atoms with Crippen LogP contribution in [0.15, 0.2) is 29.2 Å². The van der Waals surface area contributed by atoms with Crippen LogP contribution in [0.4, 0.5) is 10.2 Å². The van der Waals surface area contributed by atoms with E-state index in [1.54, 1.807) is 13.1 Å². The lowest BCUT2D eigenvalue weighted by molar-refractivity contribution is 0.102. The summed E-state index contributed by atoms with van der Waals surface area (Å²) < 4.78 is 15.1. The molecule has 2 aromatic rings. The Bertz CT molecular complexity index is 814. The number of hydrogen-bond donors (Lipinski definition) is 1. The van der Waals surface area contributed by atoms with E-state index in [9.17, 15) is 14.0 Å². The minimum Gasteiger partial charge on any atom is -0.315 e. The predicted octanol–water partition coefficient (Wildman–Crippen LogP) is 2.22. The van der Waals surface area contributed by atoms with Gasteiger partial charge in [0.2, 0.25) is 0 Å². The van der Waals surface area contributed by atoms with Crippen molar-refractivity contribution < 1.29 is 9.18 Å². The third kappa shape index (κ3) is 2.30. The smallest absolute Gasteiger partial charge is 0.263 e. The summed E-state index contributed by atoms with van der Waals surface area (Å²) in [5.41, 5.74) is 1.62. The Kier molecular flexibility index (Phi) is 3.52. The van der Waals surface area contributed by atoms with E-state index in [0.717, 1.165) is 24.1 Å². The van der Waals surface area contributed by atoms with Crippen molar-refractivity contribution >= 4 is 11.7 Å². The molecule has 3 rings (SSSR count). The topological polar surface area (TPSA) is 64.0 Å². The van der Waals surface area contributed by atoms with Crippen LogP contribution in [0.5, 0.6) is 0 Å². The maximum absolute atomic E-state index is 13.6. The molecule has 0 saturated carbocycles. The molecular weight excluding hydrogens is 285 g/mol. The number of aromatic nitrogens is 2. The third-order valence-corrected chi connectivity index (χ3v) is 4.15. The molecule has 22 heavy (non-hydrogen) atoms. The lowest BCUT2D eigenvalue weighted by Crippen LogP contribution is -2.30. The quantitative estimate of drug-likeness (QED) is 0.925. The zero-order chi connectivity index (χ0) is 15.9. The summed E-state index contributed by atoms with van der Waals surface area (Å²) in [5, 5.41) is 2.36. The molecule has 2 heterocycles. The van der Waals surface area contributed by atoms with Crippen molar-refractivity contribution in [3.8, 4) is 0 Å². The van der Waals surface area contributed by atoms with Gasteiger partial charge >= 0.3 is 0 Å². The first-order chi connectivity index (χ1) is 10.5. The van der Waals surface area contributed by atoms with Gasteiger partial charge in [-0.3, -0.25) is 9.59 Å². The molecule has 0 spiro atoms. The highest BCUT2D eigenvalue weighted by Gasteiger charge is 2.25. The maximum atomic E-state index is 13.6. The number of anilines is 1. The first kappa shape index (κ1) is 14.4. The van der Waals surface area contributed by atoms with E-state index >= 15 is 0 Å². The van der Waals surface area contributed by atoms with Crippen molar-refractivity contribution in [1.29, 1.82) is 0 Å². The zero-order valence-corrected chi connectivity index (χ0v) is 12.4. The number of hydrogen-bond acceptors (Lipinski definition) is 3. The highest BCUT2D eigenvalue weighted by molar-refractivity contribution is 6.03. The van der Waals surface area contributed by atoms with E-state index in [2.05, 4.69) is 17.2 Å². The first-order valence-corrected chi connectivity index (χ1v) is 7.13. The van der Waals surface area contributed by atoms with Crippen molar-refractivity contribution in [3.63, 3.8) is 0 Å². The van der Waals surface area contributed by atoms with Gasteiger partial charge in [-0.25, -0.2) is 9.37 Å². The number of fused-ring (bicyclic) bond motifs is 1. The van der Waals surface area contributed by atoms with Gasteiger partial charge in [0, 0.05) is 18.9 Å². The largest absolute Gasteiger partial charge is 0.315 e. The Hall–Kier alpha value is -2.50. The Morgan fingerprint density at radius 3 is 3.00 bits per heavy atom. The van der Waals surface area contributed by atoms with E-state index < -0.39 is 11.7 Å². The number of amides is 1. The highest BCUT2D eigenvalue weighted by atomic mass is 19.1.